The van der Waals surface area contributed by atoms with E-state index in [9.17, 15) is 0 Å². The van der Waals surface area contributed by atoms with Crippen molar-refractivity contribution < 1.29 is 0 Å². The molecule has 98 valence electrons. The number of aromatic nitrogens is 1. The van der Waals surface area contributed by atoms with E-state index in [2.05, 4.69) is 44.2 Å². The first-order valence-electron chi connectivity index (χ1n) is 7.38. The second-order valence-corrected chi connectivity index (χ2v) is 5.41. The molecule has 1 aliphatic rings. The number of rotatable bonds is 2. The van der Waals surface area contributed by atoms with E-state index < -0.39 is 0 Å². The molecule has 0 fully saturated rings. The van der Waals surface area contributed by atoms with Gasteiger partial charge in [-0.25, -0.2) is 0 Å². The van der Waals surface area contributed by atoms with Crippen LogP contribution in [0.2, 0.25) is 0 Å². The highest BCUT2D eigenvalue weighted by atomic mass is 14.7. The molecule has 0 atom stereocenters. The summed E-state index contributed by atoms with van der Waals surface area (Å²) in [6.45, 7) is 4.43. The predicted molar refractivity (Wildman–Crippen MR) is 80.4 cm³/mol. The van der Waals surface area contributed by atoms with E-state index in [0.29, 0.717) is 0 Å². The molecule has 0 bridgehead atoms. The highest BCUT2D eigenvalue weighted by molar-refractivity contribution is 5.66. The van der Waals surface area contributed by atoms with Gasteiger partial charge in [-0.05, 0) is 55.7 Å². The second kappa shape index (κ2) is 5.16. The number of benzene rings is 1. The minimum atomic E-state index is 1.08. The number of pyridine rings is 1. The molecule has 0 saturated heterocycles. The van der Waals surface area contributed by atoms with E-state index in [-0.39, 0.29) is 0 Å². The fourth-order valence-electron chi connectivity index (χ4n) is 3.30. The predicted octanol–water partition coefficient (Wildman–Crippen LogP) is 4.50. The van der Waals surface area contributed by atoms with Crippen LogP contribution in [0.3, 0.4) is 0 Å². The maximum Gasteiger partial charge on any atom is 0.0739 e. The summed E-state index contributed by atoms with van der Waals surface area (Å²) in [5.74, 6) is 0. The molecule has 0 N–H and O–H groups in total. The first-order valence-corrected chi connectivity index (χ1v) is 7.38. The lowest BCUT2D eigenvalue weighted by atomic mass is 9.85. The van der Waals surface area contributed by atoms with Gasteiger partial charge in [0.15, 0.2) is 0 Å². The molecule has 1 aromatic heterocycles. The first kappa shape index (κ1) is 12.4. The summed E-state index contributed by atoms with van der Waals surface area (Å²) >= 11 is 0. The van der Waals surface area contributed by atoms with Crippen molar-refractivity contribution in [1.29, 1.82) is 0 Å². The van der Waals surface area contributed by atoms with Crippen LogP contribution in [-0.4, -0.2) is 4.98 Å². The first-order chi connectivity index (χ1) is 9.31. The van der Waals surface area contributed by atoms with Crippen molar-refractivity contribution in [3.05, 3.63) is 52.7 Å². The number of hydrogen-bond acceptors (Lipinski definition) is 1. The van der Waals surface area contributed by atoms with Crippen molar-refractivity contribution >= 4 is 0 Å². The van der Waals surface area contributed by atoms with Gasteiger partial charge < -0.3 is 0 Å². The van der Waals surface area contributed by atoms with E-state index in [0.717, 1.165) is 6.42 Å². The van der Waals surface area contributed by atoms with E-state index in [1.54, 1.807) is 5.56 Å². The van der Waals surface area contributed by atoms with Crippen molar-refractivity contribution in [3.8, 4) is 11.3 Å². The molecule has 0 amide bonds. The van der Waals surface area contributed by atoms with Gasteiger partial charge in [-0.1, -0.05) is 37.3 Å². The van der Waals surface area contributed by atoms with Crippen molar-refractivity contribution in [1.82, 2.24) is 4.98 Å². The third-order valence-electron chi connectivity index (χ3n) is 4.23. The molecule has 2 aromatic rings. The summed E-state index contributed by atoms with van der Waals surface area (Å²) in [6, 6.07) is 10.6. The zero-order valence-electron chi connectivity index (χ0n) is 11.9. The Hall–Kier alpha value is -1.63. The molecule has 1 aliphatic carbocycles. The van der Waals surface area contributed by atoms with Gasteiger partial charge in [0.2, 0.25) is 0 Å². The zero-order chi connectivity index (χ0) is 13.2. The summed E-state index contributed by atoms with van der Waals surface area (Å²) in [5.41, 5.74) is 8.32. The van der Waals surface area contributed by atoms with Crippen molar-refractivity contribution in [2.45, 2.75) is 46.0 Å². The van der Waals surface area contributed by atoms with E-state index in [4.69, 9.17) is 4.98 Å². The van der Waals surface area contributed by atoms with Crippen molar-refractivity contribution in [3.63, 3.8) is 0 Å². The van der Waals surface area contributed by atoms with Crippen LogP contribution in [0.25, 0.3) is 11.3 Å². The lowest BCUT2D eigenvalue weighted by Crippen LogP contribution is -2.11. The molecule has 0 spiro atoms. The van der Waals surface area contributed by atoms with Crippen LogP contribution in [0.1, 0.15) is 42.1 Å². The molecule has 1 aromatic carbocycles. The van der Waals surface area contributed by atoms with Crippen LogP contribution in [0.15, 0.2) is 30.3 Å². The van der Waals surface area contributed by atoms with Gasteiger partial charge in [-0.3, -0.25) is 4.98 Å². The van der Waals surface area contributed by atoms with E-state index in [1.807, 2.05) is 0 Å². The van der Waals surface area contributed by atoms with Crippen molar-refractivity contribution in [2.75, 3.05) is 0 Å². The molecule has 3 rings (SSSR count). The summed E-state index contributed by atoms with van der Waals surface area (Å²) < 4.78 is 0. The fraction of sp³-hybridized carbons (Fsp3) is 0.389. The Morgan fingerprint density at radius 3 is 2.37 bits per heavy atom. The summed E-state index contributed by atoms with van der Waals surface area (Å²) in [4.78, 5) is 4.93. The molecular formula is C18H21N. The van der Waals surface area contributed by atoms with Crippen LogP contribution in [0, 0.1) is 6.92 Å². The van der Waals surface area contributed by atoms with Gasteiger partial charge in [-0.2, -0.15) is 0 Å². The quantitative estimate of drug-likeness (QED) is 0.766. The van der Waals surface area contributed by atoms with E-state index in [1.165, 1.54) is 53.8 Å². The third-order valence-corrected chi connectivity index (χ3v) is 4.23. The SMILES string of the molecule is CCc1c(-c2ccccc2)nc(C)c2c1CCCC2. The van der Waals surface area contributed by atoms with Gasteiger partial charge in [0.25, 0.3) is 0 Å². The lowest BCUT2D eigenvalue weighted by molar-refractivity contribution is 0.670. The second-order valence-electron chi connectivity index (χ2n) is 5.41. The lowest BCUT2D eigenvalue weighted by Gasteiger charge is -2.23. The average molecular weight is 251 g/mol. The standard InChI is InChI=1S/C18H21N/c1-3-15-17-12-8-7-11-16(17)13(2)19-18(15)14-9-5-4-6-10-14/h4-6,9-10H,3,7-8,11-12H2,1-2H3. The monoisotopic (exact) mass is 251 g/mol. The molecular weight excluding hydrogens is 230 g/mol. The molecule has 0 radical (unpaired) electrons. The number of aryl methyl sites for hydroxylation is 1. The maximum atomic E-state index is 4.93. The molecule has 1 heteroatoms. The summed E-state index contributed by atoms with van der Waals surface area (Å²) in [5, 5.41) is 0. The molecule has 0 unspecified atom stereocenters. The average Bonchev–Trinajstić information content (AvgIpc) is 2.48. The number of nitrogens with zero attached hydrogens (tertiary/aromatic N) is 1. The molecule has 1 nitrogen and oxygen atoms in total. The Bertz CT molecular complexity index is 584. The Morgan fingerprint density at radius 1 is 1.00 bits per heavy atom. The largest absolute Gasteiger partial charge is 0.253 e. The van der Waals surface area contributed by atoms with Gasteiger partial charge in [0.05, 0.1) is 5.69 Å². The van der Waals surface area contributed by atoms with E-state index >= 15 is 0 Å². The maximum absolute atomic E-state index is 4.93. The normalized spacial score (nSPS) is 14.2. The molecule has 0 aliphatic heterocycles. The molecule has 0 saturated carbocycles. The van der Waals surface area contributed by atoms with Gasteiger partial charge in [0, 0.05) is 11.3 Å². The Balaban J connectivity index is 2.23. The van der Waals surface area contributed by atoms with Crippen LogP contribution in [-0.2, 0) is 19.3 Å². The molecule has 1 heterocycles. The Kier molecular flexibility index (Phi) is 3.37. The zero-order valence-corrected chi connectivity index (χ0v) is 11.9. The van der Waals surface area contributed by atoms with Crippen LogP contribution >= 0.6 is 0 Å². The smallest absolute Gasteiger partial charge is 0.0739 e. The minimum Gasteiger partial charge on any atom is -0.253 e. The van der Waals surface area contributed by atoms with Gasteiger partial charge >= 0.3 is 0 Å². The Labute approximate surface area is 115 Å². The van der Waals surface area contributed by atoms with Crippen molar-refractivity contribution in [2.24, 2.45) is 0 Å². The minimum absolute atomic E-state index is 1.08. The number of fused-ring (bicyclic) bond motifs is 1. The summed E-state index contributed by atoms with van der Waals surface area (Å²) in [7, 11) is 0. The Morgan fingerprint density at radius 2 is 1.68 bits per heavy atom. The topological polar surface area (TPSA) is 12.9 Å². The highest BCUT2D eigenvalue weighted by Gasteiger charge is 2.19. The van der Waals surface area contributed by atoms with Crippen LogP contribution < -0.4 is 0 Å². The fourth-order valence-corrected chi connectivity index (χ4v) is 3.30. The van der Waals surface area contributed by atoms with Crippen LogP contribution in [0.4, 0.5) is 0 Å². The number of hydrogen-bond donors (Lipinski definition) is 0. The van der Waals surface area contributed by atoms with Crippen LogP contribution in [0.5, 0.6) is 0 Å². The molecule has 19 heavy (non-hydrogen) atoms. The van der Waals surface area contributed by atoms with Gasteiger partial charge in [0.1, 0.15) is 0 Å². The third kappa shape index (κ3) is 2.18. The van der Waals surface area contributed by atoms with Gasteiger partial charge in [-0.15, -0.1) is 0 Å². The summed E-state index contributed by atoms with van der Waals surface area (Å²) in [6.07, 6.45) is 6.19. The highest BCUT2D eigenvalue weighted by Crippen LogP contribution is 2.33.